The molecule has 1 heterocycles. The van der Waals surface area contributed by atoms with Gasteiger partial charge in [0.2, 0.25) is 10.0 Å². The van der Waals surface area contributed by atoms with Crippen molar-refractivity contribution in [3.8, 4) is 5.75 Å². The number of hydrogen-bond donors (Lipinski definition) is 1. The molecular weight excluding hydrogens is 264 g/mol. The molecule has 1 aromatic carbocycles. The standard InChI is InChI=1S/C13H14N2O3S/c1-18-12-4-6-13(7-5-12)19(16,17)15-10-11-3-2-8-14-9-11/h2-9,15H,10H2,1H3/p+1. The molecule has 2 N–H and O–H groups in total. The van der Waals surface area contributed by atoms with E-state index in [2.05, 4.69) is 9.71 Å². The number of nitrogens with one attached hydrogen (secondary N) is 2. The van der Waals surface area contributed by atoms with Crippen LogP contribution in [0, 0.1) is 0 Å². The molecule has 0 atom stereocenters. The minimum Gasteiger partial charge on any atom is -0.497 e. The number of hydrogen-bond acceptors (Lipinski definition) is 3. The first-order valence-corrected chi connectivity index (χ1v) is 7.19. The topological polar surface area (TPSA) is 69.5 Å². The lowest BCUT2D eigenvalue weighted by Crippen LogP contribution is -2.23. The van der Waals surface area contributed by atoms with E-state index in [1.807, 2.05) is 12.1 Å². The predicted octanol–water partition coefficient (Wildman–Crippen LogP) is 0.988. The predicted molar refractivity (Wildman–Crippen MR) is 70.0 cm³/mol. The molecule has 0 aliphatic rings. The SMILES string of the molecule is COc1ccc(S(=O)(=O)NCc2ccc[nH+]c2)cc1. The van der Waals surface area contributed by atoms with Crippen LogP contribution in [0.3, 0.4) is 0 Å². The van der Waals surface area contributed by atoms with Gasteiger partial charge >= 0.3 is 0 Å². The summed E-state index contributed by atoms with van der Waals surface area (Å²) < 4.78 is 31.6. The van der Waals surface area contributed by atoms with Gasteiger partial charge in [-0.05, 0) is 30.3 Å². The van der Waals surface area contributed by atoms with Gasteiger partial charge in [0.1, 0.15) is 5.75 Å². The van der Waals surface area contributed by atoms with Gasteiger partial charge in [-0.3, -0.25) is 0 Å². The molecule has 0 spiro atoms. The van der Waals surface area contributed by atoms with Crippen molar-refractivity contribution in [2.75, 3.05) is 7.11 Å². The number of H-pyrrole nitrogens is 1. The molecule has 0 radical (unpaired) electrons. The monoisotopic (exact) mass is 279 g/mol. The van der Waals surface area contributed by atoms with E-state index >= 15 is 0 Å². The minimum atomic E-state index is -3.50. The lowest BCUT2D eigenvalue weighted by molar-refractivity contribution is -0.378. The van der Waals surface area contributed by atoms with Crippen LogP contribution in [0.15, 0.2) is 53.7 Å². The van der Waals surface area contributed by atoms with Crippen LogP contribution in [0.4, 0.5) is 0 Å². The molecule has 1 aromatic heterocycles. The van der Waals surface area contributed by atoms with Crippen molar-refractivity contribution in [3.63, 3.8) is 0 Å². The van der Waals surface area contributed by atoms with E-state index in [1.54, 1.807) is 24.5 Å². The Bertz CT molecular complexity index is 625. The third kappa shape index (κ3) is 3.52. The number of ether oxygens (including phenoxy) is 1. The molecule has 0 bridgehead atoms. The Kier molecular flexibility index (Phi) is 4.13. The zero-order valence-electron chi connectivity index (χ0n) is 10.5. The van der Waals surface area contributed by atoms with Crippen molar-refractivity contribution in [3.05, 3.63) is 54.4 Å². The van der Waals surface area contributed by atoms with Crippen molar-refractivity contribution in [2.24, 2.45) is 0 Å². The first-order valence-electron chi connectivity index (χ1n) is 5.70. The van der Waals surface area contributed by atoms with Crippen LogP contribution >= 0.6 is 0 Å². The Morgan fingerprint density at radius 3 is 2.53 bits per heavy atom. The average Bonchev–Trinajstić information content (AvgIpc) is 2.46. The molecule has 0 saturated carbocycles. The molecule has 0 fully saturated rings. The molecule has 0 saturated heterocycles. The largest absolute Gasteiger partial charge is 0.497 e. The number of rotatable bonds is 5. The van der Waals surface area contributed by atoms with Crippen LogP contribution in [-0.2, 0) is 16.6 Å². The van der Waals surface area contributed by atoms with E-state index < -0.39 is 10.0 Å². The number of sulfonamides is 1. The van der Waals surface area contributed by atoms with E-state index in [0.717, 1.165) is 5.56 Å². The Morgan fingerprint density at radius 2 is 1.95 bits per heavy atom. The van der Waals surface area contributed by atoms with Crippen molar-refractivity contribution < 1.29 is 18.1 Å². The van der Waals surface area contributed by atoms with Gasteiger partial charge in [-0.15, -0.1) is 0 Å². The summed E-state index contributed by atoms with van der Waals surface area (Å²) >= 11 is 0. The summed E-state index contributed by atoms with van der Waals surface area (Å²) in [5.74, 6) is 0.622. The van der Waals surface area contributed by atoms with Crippen molar-refractivity contribution in [2.45, 2.75) is 11.4 Å². The van der Waals surface area contributed by atoms with Gasteiger partial charge < -0.3 is 4.74 Å². The van der Waals surface area contributed by atoms with Gasteiger partial charge in [-0.2, -0.15) is 0 Å². The Morgan fingerprint density at radius 1 is 1.21 bits per heavy atom. The average molecular weight is 279 g/mol. The molecule has 100 valence electrons. The summed E-state index contributed by atoms with van der Waals surface area (Å²) in [6.45, 7) is 0.242. The highest BCUT2D eigenvalue weighted by atomic mass is 32.2. The first kappa shape index (κ1) is 13.5. The Balaban J connectivity index is 2.09. The van der Waals surface area contributed by atoms with Gasteiger partial charge in [0.15, 0.2) is 12.4 Å². The van der Waals surface area contributed by atoms with E-state index in [0.29, 0.717) is 5.75 Å². The molecule has 6 heteroatoms. The van der Waals surface area contributed by atoms with Gasteiger partial charge in [-0.25, -0.2) is 18.1 Å². The first-order chi connectivity index (χ1) is 9.12. The van der Waals surface area contributed by atoms with E-state index in [9.17, 15) is 8.42 Å². The van der Waals surface area contributed by atoms with Crippen LogP contribution in [0.25, 0.3) is 0 Å². The quantitative estimate of drug-likeness (QED) is 0.887. The Hall–Kier alpha value is -1.92. The smallest absolute Gasteiger partial charge is 0.240 e. The highest BCUT2D eigenvalue weighted by Gasteiger charge is 2.13. The summed E-state index contributed by atoms with van der Waals surface area (Å²) in [5.41, 5.74) is 0.861. The van der Waals surface area contributed by atoms with Gasteiger partial charge in [0.05, 0.1) is 12.0 Å². The molecule has 2 rings (SSSR count). The number of aromatic nitrogens is 1. The number of benzene rings is 1. The highest BCUT2D eigenvalue weighted by molar-refractivity contribution is 7.89. The molecule has 0 amide bonds. The second-order valence-corrected chi connectivity index (χ2v) is 5.68. The number of aromatic amines is 1. The number of pyridine rings is 1. The highest BCUT2D eigenvalue weighted by Crippen LogP contribution is 2.15. The zero-order valence-corrected chi connectivity index (χ0v) is 11.3. The molecule has 5 nitrogen and oxygen atoms in total. The summed E-state index contributed by atoms with van der Waals surface area (Å²) in [7, 11) is -1.97. The third-order valence-electron chi connectivity index (χ3n) is 2.61. The molecule has 19 heavy (non-hydrogen) atoms. The normalized spacial score (nSPS) is 11.2. The third-order valence-corrected chi connectivity index (χ3v) is 4.02. The van der Waals surface area contributed by atoms with Gasteiger partial charge in [0.25, 0.3) is 0 Å². The maximum absolute atomic E-state index is 12.0. The Labute approximate surface area is 112 Å². The molecule has 0 aliphatic carbocycles. The molecular formula is C13H15N2O3S+. The fourth-order valence-corrected chi connectivity index (χ4v) is 2.57. The van der Waals surface area contributed by atoms with Crippen LogP contribution in [0.5, 0.6) is 5.75 Å². The van der Waals surface area contributed by atoms with E-state index in [1.165, 1.54) is 19.2 Å². The van der Waals surface area contributed by atoms with E-state index in [4.69, 9.17) is 4.74 Å². The summed E-state index contributed by atoms with van der Waals surface area (Å²) in [5, 5.41) is 0. The van der Waals surface area contributed by atoms with Crippen molar-refractivity contribution >= 4 is 10.0 Å². The fraction of sp³-hybridized carbons (Fsp3) is 0.154. The van der Waals surface area contributed by atoms with Crippen molar-refractivity contribution in [1.29, 1.82) is 0 Å². The second kappa shape index (κ2) is 5.81. The summed E-state index contributed by atoms with van der Waals surface area (Å²) in [6, 6.07) is 9.91. The molecule has 0 aliphatic heterocycles. The fourth-order valence-electron chi connectivity index (χ4n) is 1.56. The maximum Gasteiger partial charge on any atom is 0.240 e. The van der Waals surface area contributed by atoms with Gasteiger partial charge in [0, 0.05) is 18.2 Å². The van der Waals surface area contributed by atoms with Crippen LogP contribution in [0.1, 0.15) is 5.56 Å². The lowest BCUT2D eigenvalue weighted by atomic mass is 10.3. The minimum absolute atomic E-state index is 0.216. The zero-order chi connectivity index (χ0) is 13.7. The van der Waals surface area contributed by atoms with Crippen molar-refractivity contribution in [1.82, 2.24) is 4.72 Å². The summed E-state index contributed by atoms with van der Waals surface area (Å²) in [4.78, 5) is 3.12. The maximum atomic E-state index is 12.0. The lowest BCUT2D eigenvalue weighted by Gasteiger charge is -2.06. The second-order valence-electron chi connectivity index (χ2n) is 3.91. The summed E-state index contributed by atoms with van der Waals surface area (Å²) in [6.07, 6.45) is 3.51. The van der Waals surface area contributed by atoms with Crippen LogP contribution < -0.4 is 14.4 Å². The molecule has 0 unspecified atom stereocenters. The van der Waals surface area contributed by atoms with E-state index in [-0.39, 0.29) is 11.4 Å². The number of methoxy groups -OCH3 is 1. The van der Waals surface area contributed by atoms with Crippen LogP contribution in [-0.4, -0.2) is 15.5 Å². The van der Waals surface area contributed by atoms with Gasteiger partial charge in [-0.1, -0.05) is 0 Å². The molecule has 2 aromatic rings. The van der Waals surface area contributed by atoms with Crippen LogP contribution in [0.2, 0.25) is 0 Å².